The first kappa shape index (κ1) is 12.2. The molecule has 17 heavy (non-hydrogen) atoms. The Hall–Kier alpha value is -1.31. The van der Waals surface area contributed by atoms with Crippen molar-refractivity contribution in [2.45, 2.75) is 19.4 Å². The van der Waals surface area contributed by atoms with Crippen molar-refractivity contribution in [3.05, 3.63) is 70.2 Å². The SMILES string of the molecule is Cc1ccccc1C(C)(O)c1ccccc1Cl. The van der Waals surface area contributed by atoms with Crippen molar-refractivity contribution in [2.24, 2.45) is 0 Å². The molecule has 0 saturated carbocycles. The number of hydrogen-bond acceptors (Lipinski definition) is 1. The lowest BCUT2D eigenvalue weighted by Gasteiger charge is -2.27. The summed E-state index contributed by atoms with van der Waals surface area (Å²) in [4.78, 5) is 0. The quantitative estimate of drug-likeness (QED) is 0.852. The molecule has 0 amide bonds. The topological polar surface area (TPSA) is 20.2 Å². The van der Waals surface area contributed by atoms with Crippen molar-refractivity contribution in [3.63, 3.8) is 0 Å². The van der Waals surface area contributed by atoms with Crippen molar-refractivity contribution in [1.82, 2.24) is 0 Å². The van der Waals surface area contributed by atoms with E-state index in [1.807, 2.05) is 49.4 Å². The van der Waals surface area contributed by atoms with Crippen molar-refractivity contribution in [1.29, 1.82) is 0 Å². The Bertz CT molecular complexity index is 484. The van der Waals surface area contributed by atoms with Gasteiger partial charge in [-0.1, -0.05) is 54.1 Å². The first-order chi connectivity index (χ1) is 8.03. The third kappa shape index (κ3) is 2.21. The van der Waals surface area contributed by atoms with Crippen molar-refractivity contribution < 1.29 is 5.11 Å². The summed E-state index contributed by atoms with van der Waals surface area (Å²) in [7, 11) is 0. The van der Waals surface area contributed by atoms with Crippen molar-refractivity contribution in [2.75, 3.05) is 0 Å². The molecule has 0 heterocycles. The Morgan fingerprint density at radius 2 is 1.47 bits per heavy atom. The highest BCUT2D eigenvalue weighted by Crippen LogP contribution is 2.35. The normalized spacial score (nSPS) is 14.4. The highest BCUT2D eigenvalue weighted by atomic mass is 35.5. The second-order valence-corrected chi connectivity index (χ2v) is 4.77. The lowest BCUT2D eigenvalue weighted by Crippen LogP contribution is -2.24. The molecule has 0 aliphatic heterocycles. The van der Waals surface area contributed by atoms with E-state index < -0.39 is 5.60 Å². The zero-order valence-electron chi connectivity index (χ0n) is 9.94. The number of aryl methyl sites for hydroxylation is 1. The number of hydrogen-bond donors (Lipinski definition) is 1. The van der Waals surface area contributed by atoms with Crippen LogP contribution in [0.4, 0.5) is 0 Å². The summed E-state index contributed by atoms with van der Waals surface area (Å²) >= 11 is 6.15. The molecule has 88 valence electrons. The summed E-state index contributed by atoms with van der Waals surface area (Å²) in [5, 5.41) is 11.3. The van der Waals surface area contributed by atoms with Gasteiger partial charge in [-0.3, -0.25) is 0 Å². The van der Waals surface area contributed by atoms with Gasteiger partial charge in [0.25, 0.3) is 0 Å². The van der Waals surface area contributed by atoms with Crippen LogP contribution in [0.3, 0.4) is 0 Å². The molecule has 0 bridgehead atoms. The van der Waals surface area contributed by atoms with Gasteiger partial charge >= 0.3 is 0 Å². The molecule has 2 rings (SSSR count). The largest absolute Gasteiger partial charge is 0.381 e. The second kappa shape index (κ2) is 4.52. The average Bonchev–Trinajstić information content (AvgIpc) is 2.29. The Labute approximate surface area is 107 Å². The maximum atomic E-state index is 10.7. The third-order valence-electron chi connectivity index (χ3n) is 3.07. The van der Waals surface area contributed by atoms with Crippen molar-refractivity contribution in [3.8, 4) is 0 Å². The molecule has 0 aliphatic rings. The fraction of sp³-hybridized carbons (Fsp3) is 0.200. The van der Waals surface area contributed by atoms with Gasteiger partial charge in [-0.15, -0.1) is 0 Å². The Kier molecular flexibility index (Phi) is 3.23. The van der Waals surface area contributed by atoms with E-state index in [0.29, 0.717) is 5.02 Å². The predicted molar refractivity (Wildman–Crippen MR) is 71.3 cm³/mol. The van der Waals surface area contributed by atoms with Crippen LogP contribution in [0.15, 0.2) is 48.5 Å². The smallest absolute Gasteiger partial charge is 0.113 e. The van der Waals surface area contributed by atoms with Crippen LogP contribution in [0, 0.1) is 6.92 Å². The van der Waals surface area contributed by atoms with Gasteiger partial charge in [0, 0.05) is 10.6 Å². The summed E-state index contributed by atoms with van der Waals surface area (Å²) in [6.45, 7) is 3.76. The van der Waals surface area contributed by atoms with Crippen LogP contribution < -0.4 is 0 Å². The van der Waals surface area contributed by atoms with Gasteiger partial charge in [-0.25, -0.2) is 0 Å². The monoisotopic (exact) mass is 246 g/mol. The number of benzene rings is 2. The molecule has 2 heteroatoms. The zero-order valence-corrected chi connectivity index (χ0v) is 10.7. The average molecular weight is 247 g/mol. The molecular formula is C15H15ClO. The maximum Gasteiger partial charge on any atom is 0.113 e. The molecule has 0 fully saturated rings. The van der Waals surface area contributed by atoms with Gasteiger partial charge in [-0.2, -0.15) is 0 Å². The molecule has 1 unspecified atom stereocenters. The first-order valence-corrected chi connectivity index (χ1v) is 5.95. The lowest BCUT2D eigenvalue weighted by molar-refractivity contribution is 0.102. The van der Waals surface area contributed by atoms with Crippen LogP contribution in [0.1, 0.15) is 23.6 Å². The Morgan fingerprint density at radius 1 is 0.941 bits per heavy atom. The van der Waals surface area contributed by atoms with Gasteiger partial charge in [-0.05, 0) is 31.0 Å². The molecule has 0 radical (unpaired) electrons. The van der Waals surface area contributed by atoms with Gasteiger partial charge < -0.3 is 5.11 Å². The Balaban J connectivity index is 2.58. The van der Waals surface area contributed by atoms with Gasteiger partial charge in [0.05, 0.1) is 0 Å². The number of rotatable bonds is 2. The molecule has 0 aromatic heterocycles. The minimum absolute atomic E-state index is 0.584. The van der Waals surface area contributed by atoms with E-state index in [1.165, 1.54) is 0 Å². The van der Waals surface area contributed by atoms with E-state index in [1.54, 1.807) is 13.0 Å². The summed E-state index contributed by atoms with van der Waals surface area (Å²) in [5.74, 6) is 0. The van der Waals surface area contributed by atoms with Gasteiger partial charge in [0.1, 0.15) is 5.60 Å². The molecule has 0 saturated heterocycles. The van der Waals surface area contributed by atoms with E-state index in [2.05, 4.69) is 0 Å². The van der Waals surface area contributed by atoms with E-state index in [-0.39, 0.29) is 0 Å². The highest BCUT2D eigenvalue weighted by molar-refractivity contribution is 6.31. The van der Waals surface area contributed by atoms with Gasteiger partial charge in [0.2, 0.25) is 0 Å². The minimum atomic E-state index is -1.07. The van der Waals surface area contributed by atoms with Crippen LogP contribution in [-0.2, 0) is 5.60 Å². The third-order valence-corrected chi connectivity index (χ3v) is 3.40. The van der Waals surface area contributed by atoms with Crippen LogP contribution in [0.5, 0.6) is 0 Å². The van der Waals surface area contributed by atoms with Crippen LogP contribution >= 0.6 is 11.6 Å². The summed E-state index contributed by atoms with van der Waals surface area (Å²) in [5.41, 5.74) is 1.60. The lowest BCUT2D eigenvalue weighted by atomic mass is 9.85. The number of aliphatic hydroxyl groups is 1. The molecule has 1 atom stereocenters. The molecule has 0 spiro atoms. The zero-order chi connectivity index (χ0) is 12.5. The highest BCUT2D eigenvalue weighted by Gasteiger charge is 2.28. The van der Waals surface area contributed by atoms with Crippen LogP contribution in [0.25, 0.3) is 0 Å². The number of halogens is 1. The first-order valence-electron chi connectivity index (χ1n) is 5.57. The molecule has 2 aromatic rings. The van der Waals surface area contributed by atoms with Crippen LogP contribution in [-0.4, -0.2) is 5.11 Å². The van der Waals surface area contributed by atoms with Gasteiger partial charge in [0.15, 0.2) is 0 Å². The maximum absolute atomic E-state index is 10.7. The minimum Gasteiger partial charge on any atom is -0.381 e. The summed E-state index contributed by atoms with van der Waals surface area (Å²) in [6.07, 6.45) is 0. The van der Waals surface area contributed by atoms with Crippen molar-refractivity contribution >= 4 is 11.6 Å². The predicted octanol–water partition coefficient (Wildman–Crippen LogP) is 3.90. The van der Waals surface area contributed by atoms with Crippen LogP contribution in [0.2, 0.25) is 5.02 Å². The second-order valence-electron chi connectivity index (χ2n) is 4.37. The fourth-order valence-electron chi connectivity index (χ4n) is 2.12. The Morgan fingerprint density at radius 3 is 2.06 bits per heavy atom. The molecule has 1 N–H and O–H groups in total. The molecule has 1 nitrogen and oxygen atoms in total. The van der Waals surface area contributed by atoms with E-state index >= 15 is 0 Å². The fourth-order valence-corrected chi connectivity index (χ4v) is 2.44. The molecular weight excluding hydrogens is 232 g/mol. The van der Waals surface area contributed by atoms with E-state index in [4.69, 9.17) is 11.6 Å². The summed E-state index contributed by atoms with van der Waals surface area (Å²) in [6, 6.07) is 15.2. The van der Waals surface area contributed by atoms with E-state index in [9.17, 15) is 5.11 Å². The standard InChI is InChI=1S/C15H15ClO/c1-11-7-3-4-8-12(11)15(2,17)13-9-5-6-10-14(13)16/h3-10,17H,1-2H3. The molecule has 2 aromatic carbocycles. The summed E-state index contributed by atoms with van der Waals surface area (Å²) < 4.78 is 0. The molecule has 0 aliphatic carbocycles. The van der Waals surface area contributed by atoms with E-state index in [0.717, 1.165) is 16.7 Å².